The molecule has 0 spiro atoms. The number of hydrogen-bond donors (Lipinski definition) is 5. The number of aliphatic carboxylic acids is 2. The summed E-state index contributed by atoms with van der Waals surface area (Å²) in [5.41, 5.74) is 0. The molecule has 0 aromatic heterocycles. The van der Waals surface area contributed by atoms with E-state index in [1.165, 1.54) is 0 Å². The first kappa shape index (κ1) is 29.5. The van der Waals surface area contributed by atoms with Gasteiger partial charge in [-0.3, -0.25) is 14.1 Å². The summed E-state index contributed by atoms with van der Waals surface area (Å²) in [7, 11) is -5.08. The molecule has 158 valence electrons. The van der Waals surface area contributed by atoms with Gasteiger partial charge in [0.2, 0.25) is 4.75 Å². The second-order valence-corrected chi connectivity index (χ2v) is 7.90. The zero-order valence-electron chi connectivity index (χ0n) is 15.9. The van der Waals surface area contributed by atoms with Crippen molar-refractivity contribution in [2.45, 2.75) is 82.8 Å². The predicted octanol–water partition coefficient (Wildman–Crippen LogP) is 3.66. The maximum absolute atomic E-state index is 11.9. The molecule has 0 rings (SSSR count). The first-order valence-corrected chi connectivity index (χ1v) is 10.0. The Morgan fingerprint density at radius 2 is 1.35 bits per heavy atom. The SMILES string of the molecule is CCCCCCC(C(=O)O)C(CCCCCC)(C(=O)O)S(=O)(=O)O.N.N. The summed E-state index contributed by atoms with van der Waals surface area (Å²) in [4.78, 5) is 23.4. The standard InChI is InChI=1S/C16H30O7S.2H3N/c1-3-5-7-9-11-13(14(17)18)16(15(19)20,24(21,22)23)12-10-8-6-4-2;;/h13H,3-12H2,1-2H3,(H,17,18)(H,19,20)(H,21,22,23);2*1H3. The van der Waals surface area contributed by atoms with E-state index in [1.54, 1.807) is 0 Å². The van der Waals surface area contributed by atoms with Crippen LogP contribution in [0.3, 0.4) is 0 Å². The molecular formula is C16H36N2O7S. The van der Waals surface area contributed by atoms with Crippen molar-refractivity contribution >= 4 is 22.1 Å². The molecule has 0 saturated heterocycles. The molecule has 0 aliphatic rings. The lowest BCUT2D eigenvalue weighted by molar-refractivity contribution is -0.152. The van der Waals surface area contributed by atoms with Gasteiger partial charge in [-0.15, -0.1) is 0 Å². The summed E-state index contributed by atoms with van der Waals surface area (Å²) in [6, 6.07) is 0. The van der Waals surface area contributed by atoms with E-state index in [0.29, 0.717) is 19.3 Å². The monoisotopic (exact) mass is 400 g/mol. The zero-order chi connectivity index (χ0) is 18.8. The largest absolute Gasteiger partial charge is 0.481 e. The fourth-order valence-corrected chi connectivity index (χ4v) is 4.20. The summed E-state index contributed by atoms with van der Waals surface area (Å²) in [5, 5.41) is 19.0. The van der Waals surface area contributed by atoms with Crippen molar-refractivity contribution in [3.05, 3.63) is 0 Å². The molecule has 0 aliphatic heterocycles. The van der Waals surface area contributed by atoms with Gasteiger partial charge in [0, 0.05) is 0 Å². The van der Waals surface area contributed by atoms with E-state index in [1.807, 2.05) is 13.8 Å². The summed E-state index contributed by atoms with van der Waals surface area (Å²) in [5.74, 6) is -4.95. The van der Waals surface area contributed by atoms with Gasteiger partial charge in [0.1, 0.15) is 0 Å². The van der Waals surface area contributed by atoms with Crippen molar-refractivity contribution in [1.82, 2.24) is 12.3 Å². The molecule has 0 bridgehead atoms. The van der Waals surface area contributed by atoms with Crippen LogP contribution in [0.2, 0.25) is 0 Å². The summed E-state index contributed by atoms with van der Waals surface area (Å²) >= 11 is 0. The highest BCUT2D eigenvalue weighted by Gasteiger charge is 2.58. The zero-order valence-corrected chi connectivity index (χ0v) is 16.8. The molecule has 0 fully saturated rings. The van der Waals surface area contributed by atoms with Crippen LogP contribution in [-0.4, -0.2) is 39.9 Å². The first-order chi connectivity index (χ1) is 11.1. The van der Waals surface area contributed by atoms with Gasteiger partial charge in [0.15, 0.2) is 0 Å². The van der Waals surface area contributed by atoms with Crippen LogP contribution in [0.4, 0.5) is 0 Å². The summed E-state index contributed by atoms with van der Waals surface area (Å²) < 4.78 is 30.7. The molecule has 0 saturated carbocycles. The number of carboxylic acid groups (broad SMARTS) is 2. The third-order valence-corrected chi connectivity index (χ3v) is 6.02. The van der Waals surface area contributed by atoms with Crippen molar-refractivity contribution in [2.75, 3.05) is 0 Å². The van der Waals surface area contributed by atoms with Gasteiger partial charge in [-0.05, 0) is 12.8 Å². The van der Waals surface area contributed by atoms with Crippen molar-refractivity contribution in [1.29, 1.82) is 0 Å². The highest BCUT2D eigenvalue weighted by Crippen LogP contribution is 2.36. The fraction of sp³-hybridized carbons (Fsp3) is 0.875. The lowest BCUT2D eigenvalue weighted by Gasteiger charge is -2.32. The smallest absolute Gasteiger partial charge is 0.328 e. The predicted molar refractivity (Wildman–Crippen MR) is 101 cm³/mol. The maximum atomic E-state index is 11.9. The van der Waals surface area contributed by atoms with Gasteiger partial charge in [0.25, 0.3) is 10.1 Å². The van der Waals surface area contributed by atoms with E-state index in [-0.39, 0.29) is 25.1 Å². The van der Waals surface area contributed by atoms with Crippen LogP contribution in [0.1, 0.15) is 78.1 Å². The Balaban J connectivity index is -0.00000264. The minimum atomic E-state index is -5.08. The van der Waals surface area contributed by atoms with Gasteiger partial charge in [-0.2, -0.15) is 8.42 Å². The van der Waals surface area contributed by atoms with Crippen molar-refractivity contribution in [2.24, 2.45) is 5.92 Å². The van der Waals surface area contributed by atoms with Crippen LogP contribution in [-0.2, 0) is 19.7 Å². The third kappa shape index (κ3) is 7.98. The average molecular weight is 401 g/mol. The highest BCUT2D eigenvalue weighted by atomic mass is 32.2. The fourth-order valence-electron chi connectivity index (χ4n) is 3.00. The topological polar surface area (TPSA) is 199 Å². The van der Waals surface area contributed by atoms with Crippen LogP contribution in [0.15, 0.2) is 0 Å². The molecule has 0 radical (unpaired) electrons. The van der Waals surface area contributed by atoms with E-state index >= 15 is 0 Å². The average Bonchev–Trinajstić information content (AvgIpc) is 2.46. The Kier molecular flexibility index (Phi) is 15.8. The Labute approximate surface area is 156 Å². The van der Waals surface area contributed by atoms with Crippen LogP contribution < -0.4 is 12.3 Å². The van der Waals surface area contributed by atoms with Crippen molar-refractivity contribution in [3.63, 3.8) is 0 Å². The van der Waals surface area contributed by atoms with E-state index in [2.05, 4.69) is 0 Å². The number of carbonyl (C=O) groups is 2. The second-order valence-electron chi connectivity index (χ2n) is 6.22. The molecule has 0 aliphatic carbocycles. The van der Waals surface area contributed by atoms with Crippen LogP contribution in [0, 0.1) is 5.92 Å². The molecule has 0 heterocycles. The molecule has 9 N–H and O–H groups in total. The molecule has 2 unspecified atom stereocenters. The first-order valence-electron chi connectivity index (χ1n) is 8.58. The van der Waals surface area contributed by atoms with Crippen molar-refractivity contribution < 1.29 is 32.8 Å². The number of carboxylic acids is 2. The Bertz CT molecular complexity index is 511. The van der Waals surface area contributed by atoms with Crippen LogP contribution >= 0.6 is 0 Å². The molecule has 10 heteroatoms. The van der Waals surface area contributed by atoms with Gasteiger partial charge >= 0.3 is 11.9 Å². The van der Waals surface area contributed by atoms with E-state index in [0.717, 1.165) is 25.7 Å². The number of unbranched alkanes of at least 4 members (excludes halogenated alkanes) is 6. The molecule has 0 aromatic rings. The van der Waals surface area contributed by atoms with Crippen LogP contribution in [0.5, 0.6) is 0 Å². The van der Waals surface area contributed by atoms with Crippen molar-refractivity contribution in [3.8, 4) is 0 Å². The Morgan fingerprint density at radius 1 is 0.885 bits per heavy atom. The molecule has 0 amide bonds. The quantitative estimate of drug-likeness (QED) is 0.213. The summed E-state index contributed by atoms with van der Waals surface area (Å²) in [6.45, 7) is 3.92. The normalized spacial score (nSPS) is 14.4. The third-order valence-electron chi connectivity index (χ3n) is 4.43. The lowest BCUT2D eigenvalue weighted by Crippen LogP contribution is -2.55. The van der Waals surface area contributed by atoms with Gasteiger partial charge in [0.05, 0.1) is 5.92 Å². The highest BCUT2D eigenvalue weighted by molar-refractivity contribution is 7.88. The molecule has 0 aromatic carbocycles. The van der Waals surface area contributed by atoms with E-state index in [4.69, 9.17) is 0 Å². The second kappa shape index (κ2) is 13.9. The van der Waals surface area contributed by atoms with Gasteiger partial charge < -0.3 is 22.5 Å². The summed E-state index contributed by atoms with van der Waals surface area (Å²) in [6.07, 6.45) is 4.86. The molecular weight excluding hydrogens is 364 g/mol. The Hall–Kier alpha value is -1.23. The maximum Gasteiger partial charge on any atom is 0.328 e. The lowest BCUT2D eigenvalue weighted by atomic mass is 9.83. The molecule has 9 nitrogen and oxygen atoms in total. The van der Waals surface area contributed by atoms with E-state index in [9.17, 15) is 32.8 Å². The number of hydrogen-bond acceptors (Lipinski definition) is 6. The minimum Gasteiger partial charge on any atom is -0.481 e. The molecule has 26 heavy (non-hydrogen) atoms. The van der Waals surface area contributed by atoms with Gasteiger partial charge in [-0.1, -0.05) is 65.2 Å². The Morgan fingerprint density at radius 3 is 1.69 bits per heavy atom. The minimum absolute atomic E-state index is 0. The van der Waals surface area contributed by atoms with Gasteiger partial charge in [-0.25, -0.2) is 0 Å². The molecule has 2 atom stereocenters. The number of rotatable bonds is 14. The van der Waals surface area contributed by atoms with E-state index < -0.39 is 39.1 Å². The van der Waals surface area contributed by atoms with Crippen LogP contribution in [0.25, 0.3) is 0 Å².